The number of nitrogens with zero attached hydrogens (tertiary/aromatic N) is 1. The molecule has 15 heavy (non-hydrogen) atoms. The van der Waals surface area contributed by atoms with E-state index in [2.05, 4.69) is 4.90 Å². The Kier molecular flexibility index (Phi) is 6.13. The van der Waals surface area contributed by atoms with E-state index in [0.29, 0.717) is 17.5 Å². The van der Waals surface area contributed by atoms with Crippen molar-refractivity contribution in [1.82, 2.24) is 4.90 Å². The van der Waals surface area contributed by atoms with E-state index in [9.17, 15) is 0 Å². The molecule has 1 unspecified atom stereocenters. The highest BCUT2D eigenvalue weighted by molar-refractivity contribution is 7.80. The highest BCUT2D eigenvalue weighted by Crippen LogP contribution is 2.16. The first-order valence-corrected chi connectivity index (χ1v) is 6.24. The maximum absolute atomic E-state index is 9.09. The van der Waals surface area contributed by atoms with Crippen molar-refractivity contribution in [2.45, 2.75) is 32.1 Å². The Balaban J connectivity index is 2.07. The maximum atomic E-state index is 9.09. The van der Waals surface area contributed by atoms with Gasteiger partial charge in [-0.2, -0.15) is 0 Å². The molecule has 1 fully saturated rings. The summed E-state index contributed by atoms with van der Waals surface area (Å²) in [5.41, 5.74) is 5.44. The summed E-state index contributed by atoms with van der Waals surface area (Å²) in [4.78, 5) is 3.08. The fourth-order valence-electron chi connectivity index (χ4n) is 2.14. The van der Waals surface area contributed by atoms with Crippen LogP contribution in [-0.4, -0.2) is 41.2 Å². The standard InChI is InChI=1S/C11H22N2OS/c12-11(15)5-1-2-6-13-7-3-4-10(8-13)9-14/h10,14H,1-9H2,(H2,12,15). The van der Waals surface area contributed by atoms with E-state index in [1.54, 1.807) is 0 Å². The minimum Gasteiger partial charge on any atom is -0.396 e. The molecule has 3 N–H and O–H groups in total. The number of hydrogen-bond acceptors (Lipinski definition) is 3. The molecule has 1 rings (SSSR count). The SMILES string of the molecule is NC(=S)CCCCN1CCCC(CO)C1. The average molecular weight is 230 g/mol. The number of unbranched alkanes of at least 4 members (excludes halogenated alkanes) is 1. The molecule has 1 atom stereocenters. The second-order valence-electron chi connectivity index (χ2n) is 4.41. The van der Waals surface area contributed by atoms with Crippen LogP contribution in [0.1, 0.15) is 32.1 Å². The normalized spacial score (nSPS) is 22.9. The Labute approximate surface area is 97.6 Å². The zero-order chi connectivity index (χ0) is 11.1. The van der Waals surface area contributed by atoms with Gasteiger partial charge in [0.1, 0.15) is 0 Å². The second-order valence-corrected chi connectivity index (χ2v) is 4.94. The molecule has 1 aliphatic heterocycles. The van der Waals surface area contributed by atoms with Crippen LogP contribution in [0.15, 0.2) is 0 Å². The van der Waals surface area contributed by atoms with Gasteiger partial charge in [-0.05, 0) is 51.1 Å². The number of aliphatic hydroxyl groups excluding tert-OH is 1. The fourth-order valence-corrected chi connectivity index (χ4v) is 2.28. The van der Waals surface area contributed by atoms with Gasteiger partial charge in [-0.3, -0.25) is 0 Å². The van der Waals surface area contributed by atoms with Crippen LogP contribution in [0.4, 0.5) is 0 Å². The summed E-state index contributed by atoms with van der Waals surface area (Å²) >= 11 is 4.83. The van der Waals surface area contributed by atoms with Gasteiger partial charge < -0.3 is 15.7 Å². The Morgan fingerprint density at radius 2 is 2.27 bits per heavy atom. The molecule has 1 saturated heterocycles. The number of likely N-dealkylation sites (tertiary alicyclic amines) is 1. The average Bonchev–Trinajstić information content (AvgIpc) is 2.24. The Bertz CT molecular complexity index is 199. The molecule has 1 heterocycles. The molecular weight excluding hydrogens is 208 g/mol. The van der Waals surface area contributed by atoms with E-state index in [1.165, 1.54) is 19.4 Å². The van der Waals surface area contributed by atoms with Gasteiger partial charge >= 0.3 is 0 Å². The van der Waals surface area contributed by atoms with Crippen molar-refractivity contribution in [3.63, 3.8) is 0 Å². The summed E-state index contributed by atoms with van der Waals surface area (Å²) in [6, 6.07) is 0. The summed E-state index contributed by atoms with van der Waals surface area (Å²) in [6.07, 6.45) is 5.53. The van der Waals surface area contributed by atoms with Gasteiger partial charge in [-0.15, -0.1) is 0 Å². The number of nitrogens with two attached hydrogens (primary N) is 1. The lowest BCUT2D eigenvalue weighted by atomic mass is 9.99. The van der Waals surface area contributed by atoms with Crippen LogP contribution in [0.2, 0.25) is 0 Å². The lowest BCUT2D eigenvalue weighted by Crippen LogP contribution is -2.37. The van der Waals surface area contributed by atoms with Crippen molar-refractivity contribution >= 4 is 17.2 Å². The third-order valence-electron chi connectivity index (χ3n) is 3.01. The highest BCUT2D eigenvalue weighted by Gasteiger charge is 2.18. The van der Waals surface area contributed by atoms with Crippen LogP contribution < -0.4 is 5.73 Å². The van der Waals surface area contributed by atoms with Crippen LogP contribution in [0.25, 0.3) is 0 Å². The zero-order valence-electron chi connectivity index (χ0n) is 9.32. The molecule has 0 aromatic heterocycles. The summed E-state index contributed by atoms with van der Waals surface area (Å²) in [7, 11) is 0. The van der Waals surface area contributed by atoms with Crippen molar-refractivity contribution in [3.05, 3.63) is 0 Å². The van der Waals surface area contributed by atoms with Crippen molar-refractivity contribution < 1.29 is 5.11 Å². The molecule has 0 aliphatic carbocycles. The van der Waals surface area contributed by atoms with Crippen LogP contribution in [0.3, 0.4) is 0 Å². The van der Waals surface area contributed by atoms with E-state index < -0.39 is 0 Å². The molecule has 0 radical (unpaired) electrons. The third-order valence-corrected chi connectivity index (χ3v) is 3.21. The molecule has 0 spiro atoms. The Morgan fingerprint density at radius 1 is 1.47 bits per heavy atom. The van der Waals surface area contributed by atoms with E-state index in [0.717, 1.165) is 32.4 Å². The van der Waals surface area contributed by atoms with Gasteiger partial charge in [0.15, 0.2) is 0 Å². The van der Waals surface area contributed by atoms with Crippen LogP contribution >= 0.6 is 12.2 Å². The topological polar surface area (TPSA) is 49.5 Å². The van der Waals surface area contributed by atoms with E-state index in [4.69, 9.17) is 23.1 Å². The molecule has 0 aromatic carbocycles. The highest BCUT2D eigenvalue weighted by atomic mass is 32.1. The Morgan fingerprint density at radius 3 is 2.93 bits per heavy atom. The summed E-state index contributed by atoms with van der Waals surface area (Å²) < 4.78 is 0. The predicted octanol–water partition coefficient (Wildman–Crippen LogP) is 1.15. The van der Waals surface area contributed by atoms with Crippen molar-refractivity contribution in [2.24, 2.45) is 11.7 Å². The molecule has 0 saturated carbocycles. The number of aliphatic hydroxyl groups is 1. The minimum absolute atomic E-state index is 0.337. The first-order valence-electron chi connectivity index (χ1n) is 5.84. The van der Waals surface area contributed by atoms with Crippen molar-refractivity contribution in [1.29, 1.82) is 0 Å². The number of rotatable bonds is 6. The lowest BCUT2D eigenvalue weighted by Gasteiger charge is -2.31. The van der Waals surface area contributed by atoms with Gasteiger partial charge in [0, 0.05) is 13.2 Å². The fraction of sp³-hybridized carbons (Fsp3) is 0.909. The van der Waals surface area contributed by atoms with Crippen molar-refractivity contribution in [2.75, 3.05) is 26.2 Å². The Hall–Kier alpha value is -0.190. The van der Waals surface area contributed by atoms with E-state index in [-0.39, 0.29) is 0 Å². The number of piperidine rings is 1. The zero-order valence-corrected chi connectivity index (χ0v) is 10.1. The van der Waals surface area contributed by atoms with Gasteiger partial charge in [-0.1, -0.05) is 12.2 Å². The first-order chi connectivity index (χ1) is 7.22. The molecule has 1 aliphatic rings. The summed E-state index contributed by atoms with van der Waals surface area (Å²) in [6.45, 7) is 3.70. The van der Waals surface area contributed by atoms with Crippen LogP contribution in [-0.2, 0) is 0 Å². The van der Waals surface area contributed by atoms with Gasteiger partial charge in [0.25, 0.3) is 0 Å². The lowest BCUT2D eigenvalue weighted by molar-refractivity contribution is 0.119. The largest absolute Gasteiger partial charge is 0.396 e. The molecule has 0 bridgehead atoms. The molecular formula is C11H22N2OS. The number of hydrogen-bond donors (Lipinski definition) is 2. The number of thiocarbonyl (C=S) groups is 1. The molecule has 0 aromatic rings. The predicted molar refractivity (Wildman–Crippen MR) is 66.9 cm³/mol. The van der Waals surface area contributed by atoms with Crippen LogP contribution in [0, 0.1) is 5.92 Å². The third kappa shape index (κ3) is 5.44. The molecule has 88 valence electrons. The van der Waals surface area contributed by atoms with E-state index >= 15 is 0 Å². The molecule has 0 amide bonds. The quantitative estimate of drug-likeness (QED) is 0.531. The minimum atomic E-state index is 0.337. The van der Waals surface area contributed by atoms with Gasteiger partial charge in [0.05, 0.1) is 4.99 Å². The van der Waals surface area contributed by atoms with Gasteiger partial charge in [-0.25, -0.2) is 0 Å². The van der Waals surface area contributed by atoms with Crippen molar-refractivity contribution in [3.8, 4) is 0 Å². The monoisotopic (exact) mass is 230 g/mol. The van der Waals surface area contributed by atoms with Crippen LogP contribution in [0.5, 0.6) is 0 Å². The summed E-state index contributed by atoms with van der Waals surface area (Å²) in [5, 5.41) is 9.09. The van der Waals surface area contributed by atoms with E-state index in [1.807, 2.05) is 0 Å². The first kappa shape index (κ1) is 12.9. The summed E-state index contributed by atoms with van der Waals surface area (Å²) in [5.74, 6) is 0.495. The van der Waals surface area contributed by atoms with Gasteiger partial charge in [0.2, 0.25) is 0 Å². The smallest absolute Gasteiger partial charge is 0.0727 e. The maximum Gasteiger partial charge on any atom is 0.0727 e. The molecule has 4 heteroatoms. The molecule has 3 nitrogen and oxygen atoms in total. The second kappa shape index (κ2) is 7.14.